The van der Waals surface area contributed by atoms with Crippen LogP contribution >= 0.6 is 0 Å². The second-order valence-corrected chi connectivity index (χ2v) is 5.45. The van der Waals surface area contributed by atoms with E-state index in [0.717, 1.165) is 22.3 Å². The summed E-state index contributed by atoms with van der Waals surface area (Å²) in [6, 6.07) is 13.7. The molecule has 0 unspecified atom stereocenters. The van der Waals surface area contributed by atoms with Crippen molar-refractivity contribution in [2.45, 2.75) is 0 Å². The molecule has 0 saturated carbocycles. The lowest BCUT2D eigenvalue weighted by atomic mass is 10.1. The predicted octanol–water partition coefficient (Wildman–Crippen LogP) is 3.58. The van der Waals surface area contributed by atoms with Crippen molar-refractivity contribution in [1.82, 2.24) is 14.4 Å². The lowest BCUT2D eigenvalue weighted by Crippen LogP contribution is -1.99. The first-order chi connectivity index (χ1) is 12.3. The topological polar surface area (TPSA) is 57.9 Å². The molecule has 0 N–H and O–H groups in total. The van der Waals surface area contributed by atoms with Crippen LogP contribution < -0.4 is 14.2 Å². The second kappa shape index (κ2) is 5.98. The van der Waals surface area contributed by atoms with Crippen LogP contribution in [0.15, 0.2) is 48.7 Å². The highest BCUT2D eigenvalue weighted by molar-refractivity contribution is 5.84. The molecule has 2 aromatic carbocycles. The van der Waals surface area contributed by atoms with E-state index in [-0.39, 0.29) is 0 Å². The van der Waals surface area contributed by atoms with Gasteiger partial charge in [-0.1, -0.05) is 18.2 Å². The summed E-state index contributed by atoms with van der Waals surface area (Å²) in [7, 11) is 4.85. The third-order valence-electron chi connectivity index (χ3n) is 4.17. The minimum Gasteiger partial charge on any atom is -0.493 e. The van der Waals surface area contributed by atoms with Gasteiger partial charge in [-0.15, -0.1) is 0 Å². The predicted molar refractivity (Wildman–Crippen MR) is 95.6 cm³/mol. The number of nitrogens with zero attached hydrogens (tertiary/aromatic N) is 3. The second-order valence-electron chi connectivity index (χ2n) is 5.45. The summed E-state index contributed by atoms with van der Waals surface area (Å²) >= 11 is 0. The zero-order valence-corrected chi connectivity index (χ0v) is 14.2. The summed E-state index contributed by atoms with van der Waals surface area (Å²) in [6.45, 7) is 0. The standard InChI is InChI=1S/C19H17N3O3/c1-23-16-10-6-7-12(17(16)24-2)15-11-20-18-19(25-3)21-13-8-4-5-9-14(13)22(15)18/h4-11H,1-3H3. The minimum absolute atomic E-state index is 0.479. The molecule has 0 bridgehead atoms. The summed E-state index contributed by atoms with van der Waals surface area (Å²) in [5.41, 5.74) is 4.18. The SMILES string of the molecule is COc1cccc(-c2cnc3c(OC)nc4ccccc4n23)c1OC. The molecule has 4 rings (SSSR count). The molecule has 0 saturated heterocycles. The zero-order valence-electron chi connectivity index (χ0n) is 14.2. The molecule has 0 fully saturated rings. The van der Waals surface area contributed by atoms with Crippen molar-refractivity contribution in [3.8, 4) is 28.6 Å². The Morgan fingerprint density at radius 2 is 1.72 bits per heavy atom. The molecule has 126 valence electrons. The quantitative estimate of drug-likeness (QED) is 0.570. The summed E-state index contributed by atoms with van der Waals surface area (Å²) in [4.78, 5) is 9.07. The molecule has 0 aliphatic carbocycles. The van der Waals surface area contributed by atoms with Crippen LogP contribution in [0.25, 0.3) is 27.9 Å². The van der Waals surface area contributed by atoms with E-state index in [2.05, 4.69) is 9.97 Å². The Labute approximate surface area is 144 Å². The third kappa shape index (κ3) is 2.26. The van der Waals surface area contributed by atoms with Gasteiger partial charge < -0.3 is 14.2 Å². The summed E-state index contributed by atoms with van der Waals surface area (Å²) in [5.74, 6) is 1.80. The number of rotatable bonds is 4. The fourth-order valence-corrected chi connectivity index (χ4v) is 3.07. The van der Waals surface area contributed by atoms with Gasteiger partial charge in [0.2, 0.25) is 5.65 Å². The Morgan fingerprint density at radius 1 is 0.880 bits per heavy atom. The van der Waals surface area contributed by atoms with Crippen LogP contribution in [0.2, 0.25) is 0 Å². The highest BCUT2D eigenvalue weighted by Crippen LogP contribution is 2.39. The maximum Gasteiger partial charge on any atom is 0.258 e. The molecule has 6 nitrogen and oxygen atoms in total. The minimum atomic E-state index is 0.479. The van der Waals surface area contributed by atoms with E-state index in [4.69, 9.17) is 14.2 Å². The fourth-order valence-electron chi connectivity index (χ4n) is 3.07. The van der Waals surface area contributed by atoms with Crippen LogP contribution in [-0.4, -0.2) is 35.7 Å². The number of ether oxygens (including phenoxy) is 3. The smallest absolute Gasteiger partial charge is 0.258 e. The lowest BCUT2D eigenvalue weighted by Gasteiger charge is -2.13. The van der Waals surface area contributed by atoms with Crippen molar-refractivity contribution >= 4 is 16.7 Å². The van der Waals surface area contributed by atoms with Gasteiger partial charge in [0, 0.05) is 5.56 Å². The number of methoxy groups -OCH3 is 3. The van der Waals surface area contributed by atoms with Crippen LogP contribution in [0.1, 0.15) is 0 Å². The van der Waals surface area contributed by atoms with E-state index >= 15 is 0 Å². The lowest BCUT2D eigenvalue weighted by molar-refractivity contribution is 0.356. The number of aromatic nitrogens is 3. The van der Waals surface area contributed by atoms with E-state index in [0.29, 0.717) is 23.0 Å². The van der Waals surface area contributed by atoms with Gasteiger partial charge in [0.15, 0.2) is 11.5 Å². The van der Waals surface area contributed by atoms with Gasteiger partial charge >= 0.3 is 0 Å². The Morgan fingerprint density at radius 3 is 2.48 bits per heavy atom. The van der Waals surface area contributed by atoms with Crippen LogP contribution in [0, 0.1) is 0 Å². The van der Waals surface area contributed by atoms with E-state index < -0.39 is 0 Å². The van der Waals surface area contributed by atoms with Gasteiger partial charge in [-0.25, -0.2) is 9.97 Å². The average Bonchev–Trinajstić information content (AvgIpc) is 3.11. The van der Waals surface area contributed by atoms with E-state index in [1.807, 2.05) is 46.9 Å². The molecule has 6 heteroatoms. The van der Waals surface area contributed by atoms with Crippen molar-refractivity contribution in [2.75, 3.05) is 21.3 Å². The number of imidazole rings is 1. The van der Waals surface area contributed by atoms with Crippen molar-refractivity contribution in [1.29, 1.82) is 0 Å². The van der Waals surface area contributed by atoms with Gasteiger partial charge in [0.05, 0.1) is 44.3 Å². The van der Waals surface area contributed by atoms with Crippen LogP contribution in [0.5, 0.6) is 17.4 Å². The van der Waals surface area contributed by atoms with Crippen LogP contribution in [0.4, 0.5) is 0 Å². The molecule has 0 amide bonds. The monoisotopic (exact) mass is 335 g/mol. The number of hydrogen-bond acceptors (Lipinski definition) is 5. The van der Waals surface area contributed by atoms with Crippen molar-refractivity contribution in [3.63, 3.8) is 0 Å². The Hall–Kier alpha value is -3.28. The van der Waals surface area contributed by atoms with Crippen LogP contribution in [0.3, 0.4) is 0 Å². The largest absolute Gasteiger partial charge is 0.493 e. The number of hydrogen-bond donors (Lipinski definition) is 0. The average molecular weight is 335 g/mol. The van der Waals surface area contributed by atoms with E-state index in [1.165, 1.54) is 0 Å². The maximum atomic E-state index is 5.60. The fraction of sp³-hybridized carbons (Fsp3) is 0.158. The highest BCUT2D eigenvalue weighted by Gasteiger charge is 2.19. The molecule has 0 radical (unpaired) electrons. The summed E-state index contributed by atoms with van der Waals surface area (Å²) in [5, 5.41) is 0. The molecule has 0 aliphatic rings. The van der Waals surface area contributed by atoms with Gasteiger partial charge in [-0.2, -0.15) is 0 Å². The van der Waals surface area contributed by atoms with Crippen molar-refractivity contribution < 1.29 is 14.2 Å². The zero-order chi connectivity index (χ0) is 17.4. The molecule has 0 spiro atoms. The first-order valence-electron chi connectivity index (χ1n) is 7.80. The molecular weight excluding hydrogens is 318 g/mol. The summed E-state index contributed by atoms with van der Waals surface area (Å²) < 4.78 is 18.5. The Kier molecular flexibility index (Phi) is 3.65. The number of para-hydroxylation sites is 3. The van der Waals surface area contributed by atoms with Gasteiger partial charge in [0.1, 0.15) is 0 Å². The molecular formula is C19H17N3O3. The van der Waals surface area contributed by atoms with Gasteiger partial charge in [0.25, 0.3) is 5.88 Å². The van der Waals surface area contributed by atoms with Crippen molar-refractivity contribution in [2.24, 2.45) is 0 Å². The van der Waals surface area contributed by atoms with Crippen molar-refractivity contribution in [3.05, 3.63) is 48.7 Å². The van der Waals surface area contributed by atoms with E-state index in [1.54, 1.807) is 27.5 Å². The number of benzene rings is 2. The first-order valence-corrected chi connectivity index (χ1v) is 7.80. The normalized spacial score (nSPS) is 11.0. The maximum absolute atomic E-state index is 5.60. The first kappa shape index (κ1) is 15.3. The molecule has 25 heavy (non-hydrogen) atoms. The third-order valence-corrected chi connectivity index (χ3v) is 4.17. The van der Waals surface area contributed by atoms with Crippen LogP contribution in [-0.2, 0) is 0 Å². The Balaban J connectivity index is 2.13. The Bertz CT molecular complexity index is 1070. The molecule has 4 aromatic rings. The summed E-state index contributed by atoms with van der Waals surface area (Å²) in [6.07, 6.45) is 1.79. The van der Waals surface area contributed by atoms with Gasteiger partial charge in [-0.05, 0) is 24.3 Å². The molecule has 0 aliphatic heterocycles. The molecule has 2 heterocycles. The van der Waals surface area contributed by atoms with E-state index in [9.17, 15) is 0 Å². The number of fused-ring (bicyclic) bond motifs is 3. The molecule has 0 atom stereocenters. The molecule has 2 aromatic heterocycles. The van der Waals surface area contributed by atoms with Gasteiger partial charge in [-0.3, -0.25) is 4.40 Å². The highest BCUT2D eigenvalue weighted by atomic mass is 16.5.